The number of rotatable bonds is 55. The van der Waals surface area contributed by atoms with E-state index in [4.69, 9.17) is 0 Å². The molecular formula is C62H117NO3. The van der Waals surface area contributed by atoms with Crippen LogP contribution in [0.1, 0.15) is 322 Å². The fourth-order valence-electron chi connectivity index (χ4n) is 9.23. The van der Waals surface area contributed by atoms with Crippen molar-refractivity contribution in [2.75, 3.05) is 6.61 Å². The highest BCUT2D eigenvalue weighted by Crippen LogP contribution is 2.17. The van der Waals surface area contributed by atoms with E-state index in [0.29, 0.717) is 6.42 Å². The quantitative estimate of drug-likeness (QED) is 0.0420. The SMILES string of the molecule is CCCCCCCCCCCCC/C=C/CC/C=C/C(O)C(CO)NC(=O)CCCCCCCCCCCCCCCCCCC/C=C\C/C=C\CCCCCCCCCCCCCCC. The van der Waals surface area contributed by atoms with Crippen molar-refractivity contribution in [2.45, 2.75) is 334 Å². The molecule has 0 spiro atoms. The van der Waals surface area contributed by atoms with Crippen LogP contribution in [-0.4, -0.2) is 34.9 Å². The molecule has 0 fully saturated rings. The molecule has 0 heterocycles. The van der Waals surface area contributed by atoms with E-state index in [9.17, 15) is 15.0 Å². The predicted octanol–water partition coefficient (Wildman–Crippen LogP) is 19.8. The van der Waals surface area contributed by atoms with Crippen molar-refractivity contribution in [1.29, 1.82) is 0 Å². The van der Waals surface area contributed by atoms with Gasteiger partial charge in [-0.2, -0.15) is 0 Å². The van der Waals surface area contributed by atoms with Crippen LogP contribution in [0.2, 0.25) is 0 Å². The van der Waals surface area contributed by atoms with Gasteiger partial charge in [0.2, 0.25) is 5.91 Å². The Hall–Kier alpha value is -1.65. The number of hydrogen-bond donors (Lipinski definition) is 3. The van der Waals surface area contributed by atoms with Gasteiger partial charge in [0, 0.05) is 6.42 Å². The zero-order chi connectivity index (χ0) is 47.7. The third-order valence-electron chi connectivity index (χ3n) is 13.8. The molecule has 0 rings (SSSR count). The summed E-state index contributed by atoms with van der Waals surface area (Å²) in [6.45, 7) is 4.32. The first-order valence-electron chi connectivity index (χ1n) is 29.9. The molecule has 4 heteroatoms. The van der Waals surface area contributed by atoms with E-state index in [0.717, 1.165) is 38.5 Å². The van der Waals surface area contributed by atoms with Gasteiger partial charge in [-0.1, -0.05) is 300 Å². The maximum Gasteiger partial charge on any atom is 0.220 e. The lowest BCUT2D eigenvalue weighted by Gasteiger charge is -2.19. The van der Waals surface area contributed by atoms with Crippen molar-refractivity contribution in [3.8, 4) is 0 Å². The summed E-state index contributed by atoms with van der Waals surface area (Å²) < 4.78 is 0. The van der Waals surface area contributed by atoms with Gasteiger partial charge in [0.15, 0.2) is 0 Å². The number of aliphatic hydroxyl groups excluding tert-OH is 2. The number of nitrogens with one attached hydrogen (secondary N) is 1. The molecule has 1 amide bonds. The number of allylic oxidation sites excluding steroid dienone is 7. The smallest absolute Gasteiger partial charge is 0.220 e. The Morgan fingerprint density at radius 3 is 0.970 bits per heavy atom. The largest absolute Gasteiger partial charge is 0.394 e. The fraction of sp³-hybridized carbons (Fsp3) is 0.855. The van der Waals surface area contributed by atoms with Gasteiger partial charge in [0.25, 0.3) is 0 Å². The van der Waals surface area contributed by atoms with Crippen molar-refractivity contribution in [1.82, 2.24) is 5.32 Å². The number of aliphatic hydroxyl groups is 2. The van der Waals surface area contributed by atoms with Gasteiger partial charge < -0.3 is 15.5 Å². The Kier molecular flexibility index (Phi) is 56.2. The first-order chi connectivity index (χ1) is 32.7. The summed E-state index contributed by atoms with van der Waals surface area (Å²) in [5.74, 6) is -0.0704. The van der Waals surface area contributed by atoms with Crippen molar-refractivity contribution < 1.29 is 15.0 Å². The molecule has 0 aromatic rings. The predicted molar refractivity (Wildman–Crippen MR) is 295 cm³/mol. The summed E-state index contributed by atoms with van der Waals surface area (Å²) in [5, 5.41) is 23.1. The molecule has 0 aliphatic rings. The zero-order valence-corrected chi connectivity index (χ0v) is 44.7. The molecule has 0 aromatic carbocycles. The van der Waals surface area contributed by atoms with E-state index in [2.05, 4.69) is 55.6 Å². The lowest BCUT2D eigenvalue weighted by molar-refractivity contribution is -0.123. The van der Waals surface area contributed by atoms with E-state index in [1.165, 1.54) is 263 Å². The van der Waals surface area contributed by atoms with Gasteiger partial charge in [-0.25, -0.2) is 0 Å². The van der Waals surface area contributed by atoms with E-state index in [-0.39, 0.29) is 12.5 Å². The summed E-state index contributed by atoms with van der Waals surface area (Å²) >= 11 is 0. The van der Waals surface area contributed by atoms with Gasteiger partial charge >= 0.3 is 0 Å². The highest BCUT2D eigenvalue weighted by Gasteiger charge is 2.18. The standard InChI is InChI=1S/C62H117NO3/c1-3-5-7-9-11-13-15-17-19-21-22-23-24-25-26-27-28-29-30-31-32-33-34-35-36-37-38-39-40-42-44-46-48-50-52-54-56-58-62(66)63-60(59-64)61(65)57-55-53-51-49-47-45-43-41-20-18-16-14-12-10-8-6-4-2/h26-27,29-30,47,49,55,57,60-61,64-65H,3-25,28,31-46,48,50-54,56,58-59H2,1-2H3,(H,63,66)/b27-26-,30-29-,49-47+,57-55+. The first kappa shape index (κ1) is 64.3. The highest BCUT2D eigenvalue weighted by atomic mass is 16.3. The molecule has 0 aliphatic carbocycles. The van der Waals surface area contributed by atoms with Crippen LogP contribution in [0.15, 0.2) is 48.6 Å². The molecule has 0 saturated carbocycles. The lowest BCUT2D eigenvalue weighted by atomic mass is 10.0. The Labute approximate surface area is 414 Å². The molecule has 4 nitrogen and oxygen atoms in total. The molecule has 388 valence electrons. The van der Waals surface area contributed by atoms with E-state index >= 15 is 0 Å². The molecule has 0 bridgehead atoms. The summed E-state index contributed by atoms with van der Waals surface area (Å²) in [5.41, 5.74) is 0. The third kappa shape index (κ3) is 53.3. The molecule has 2 unspecified atom stereocenters. The van der Waals surface area contributed by atoms with Crippen LogP contribution in [0.25, 0.3) is 0 Å². The second-order valence-corrected chi connectivity index (χ2v) is 20.4. The number of unbranched alkanes of at least 4 members (excludes halogenated alkanes) is 42. The topological polar surface area (TPSA) is 69.6 Å². The average Bonchev–Trinajstić information content (AvgIpc) is 3.32. The first-order valence-corrected chi connectivity index (χ1v) is 29.9. The van der Waals surface area contributed by atoms with Crippen LogP contribution >= 0.6 is 0 Å². The van der Waals surface area contributed by atoms with Crippen LogP contribution in [-0.2, 0) is 4.79 Å². The summed E-state index contributed by atoms with van der Waals surface area (Å²) in [6.07, 6.45) is 80.1. The number of carbonyl (C=O) groups is 1. The number of amides is 1. The Bertz CT molecular complexity index is 1050. The second kappa shape index (κ2) is 57.7. The number of hydrogen-bond acceptors (Lipinski definition) is 3. The highest BCUT2D eigenvalue weighted by molar-refractivity contribution is 5.76. The van der Waals surface area contributed by atoms with Crippen molar-refractivity contribution >= 4 is 5.91 Å². The molecule has 0 radical (unpaired) electrons. The van der Waals surface area contributed by atoms with Crippen LogP contribution in [0.5, 0.6) is 0 Å². The van der Waals surface area contributed by atoms with Gasteiger partial charge in [-0.3, -0.25) is 4.79 Å². The molecule has 3 N–H and O–H groups in total. The van der Waals surface area contributed by atoms with Crippen molar-refractivity contribution in [3.05, 3.63) is 48.6 Å². The van der Waals surface area contributed by atoms with Crippen molar-refractivity contribution in [3.63, 3.8) is 0 Å². The third-order valence-corrected chi connectivity index (χ3v) is 13.8. The molecule has 2 atom stereocenters. The zero-order valence-electron chi connectivity index (χ0n) is 44.7. The average molecular weight is 925 g/mol. The van der Waals surface area contributed by atoms with E-state index in [1.807, 2.05) is 6.08 Å². The Morgan fingerprint density at radius 2 is 0.636 bits per heavy atom. The minimum atomic E-state index is -0.862. The van der Waals surface area contributed by atoms with Gasteiger partial charge in [-0.15, -0.1) is 0 Å². The van der Waals surface area contributed by atoms with Crippen LogP contribution < -0.4 is 5.32 Å². The summed E-state index contributed by atoms with van der Waals surface area (Å²) in [7, 11) is 0. The molecular weight excluding hydrogens is 807 g/mol. The van der Waals surface area contributed by atoms with Crippen molar-refractivity contribution in [2.24, 2.45) is 0 Å². The lowest BCUT2D eigenvalue weighted by Crippen LogP contribution is -2.45. The molecule has 0 saturated heterocycles. The maximum atomic E-state index is 12.5. The van der Waals surface area contributed by atoms with Gasteiger partial charge in [0.05, 0.1) is 18.8 Å². The van der Waals surface area contributed by atoms with Crippen LogP contribution in [0.4, 0.5) is 0 Å². The summed E-state index contributed by atoms with van der Waals surface area (Å²) in [6, 6.07) is -0.639. The Morgan fingerprint density at radius 1 is 0.364 bits per heavy atom. The summed E-state index contributed by atoms with van der Waals surface area (Å²) in [4.78, 5) is 12.5. The fourth-order valence-corrected chi connectivity index (χ4v) is 9.23. The number of carbonyl (C=O) groups excluding carboxylic acids is 1. The minimum absolute atomic E-state index is 0.0704. The maximum absolute atomic E-state index is 12.5. The van der Waals surface area contributed by atoms with E-state index < -0.39 is 12.1 Å². The Balaban J connectivity index is 3.45. The molecule has 66 heavy (non-hydrogen) atoms. The molecule has 0 aromatic heterocycles. The molecule has 0 aliphatic heterocycles. The van der Waals surface area contributed by atoms with Crippen LogP contribution in [0, 0.1) is 0 Å². The van der Waals surface area contributed by atoms with Gasteiger partial charge in [-0.05, 0) is 64.2 Å². The normalized spacial score (nSPS) is 13.1. The monoisotopic (exact) mass is 924 g/mol. The van der Waals surface area contributed by atoms with E-state index in [1.54, 1.807) is 6.08 Å². The minimum Gasteiger partial charge on any atom is -0.394 e. The second-order valence-electron chi connectivity index (χ2n) is 20.4. The van der Waals surface area contributed by atoms with Crippen LogP contribution in [0.3, 0.4) is 0 Å². The van der Waals surface area contributed by atoms with Gasteiger partial charge in [0.1, 0.15) is 0 Å².